The highest BCUT2D eigenvalue weighted by atomic mass is 16.5. The van der Waals surface area contributed by atoms with Gasteiger partial charge in [0.15, 0.2) is 0 Å². The molecule has 2 heterocycles. The Bertz CT molecular complexity index is 820. The number of amides is 2. The molecule has 0 radical (unpaired) electrons. The summed E-state index contributed by atoms with van der Waals surface area (Å²) in [7, 11) is 0. The van der Waals surface area contributed by atoms with Crippen LogP contribution in [0.1, 0.15) is 67.5 Å². The predicted octanol–water partition coefficient (Wildman–Crippen LogP) is 2.53. The number of ether oxygens (including phenoxy) is 2. The highest BCUT2D eigenvalue weighted by Crippen LogP contribution is 2.31. The van der Waals surface area contributed by atoms with Gasteiger partial charge in [-0.2, -0.15) is 0 Å². The van der Waals surface area contributed by atoms with E-state index in [4.69, 9.17) is 13.9 Å². The van der Waals surface area contributed by atoms with Crippen molar-refractivity contribution in [3.05, 3.63) is 16.9 Å². The molecule has 29 heavy (non-hydrogen) atoms. The molecule has 0 saturated carbocycles. The van der Waals surface area contributed by atoms with Gasteiger partial charge in [-0.3, -0.25) is 14.9 Å². The summed E-state index contributed by atoms with van der Waals surface area (Å²) in [5, 5.41) is 2.55. The third kappa shape index (κ3) is 4.78. The number of likely N-dealkylation sites (tertiary alicyclic amines) is 1. The molecule has 1 aromatic heterocycles. The number of furan rings is 1. The van der Waals surface area contributed by atoms with E-state index in [9.17, 15) is 19.2 Å². The van der Waals surface area contributed by atoms with Crippen LogP contribution >= 0.6 is 0 Å². The van der Waals surface area contributed by atoms with E-state index in [-0.39, 0.29) is 54.9 Å². The lowest BCUT2D eigenvalue weighted by molar-refractivity contribution is -0.131. The molecule has 1 saturated heterocycles. The minimum absolute atomic E-state index is 0.0578. The molecular formula is C20H28N2O7. The Morgan fingerprint density at radius 3 is 2.14 bits per heavy atom. The van der Waals surface area contributed by atoms with E-state index in [0.717, 1.165) is 0 Å². The highest BCUT2D eigenvalue weighted by molar-refractivity contribution is 6.09. The Morgan fingerprint density at radius 1 is 1.10 bits per heavy atom. The standard InChI is InChI=1S/C20H28N2O7/c1-7-27-18(25)14-11(3)29-17(15(14)19(26)28-8-2)21-16(24)12-9-13(23)22(10-12)20(4,5)6/h12H,7-10H2,1-6H3,(H,21,24). The van der Waals surface area contributed by atoms with Crippen LogP contribution in [0, 0.1) is 12.8 Å². The lowest BCUT2D eigenvalue weighted by Crippen LogP contribution is -2.42. The number of hydrogen-bond donors (Lipinski definition) is 1. The molecule has 1 atom stereocenters. The lowest BCUT2D eigenvalue weighted by atomic mass is 10.1. The SMILES string of the molecule is CCOC(=O)c1c(C)oc(NC(=O)C2CC(=O)N(C(C)(C)C)C2)c1C(=O)OCC. The normalized spacial score (nSPS) is 16.7. The van der Waals surface area contributed by atoms with E-state index >= 15 is 0 Å². The first kappa shape index (κ1) is 22.4. The van der Waals surface area contributed by atoms with E-state index in [1.54, 1.807) is 18.7 Å². The van der Waals surface area contributed by atoms with Gasteiger partial charge in [-0.1, -0.05) is 0 Å². The zero-order valence-electron chi connectivity index (χ0n) is 17.7. The van der Waals surface area contributed by atoms with Crippen molar-refractivity contribution in [3.63, 3.8) is 0 Å². The topological polar surface area (TPSA) is 115 Å². The minimum atomic E-state index is -0.804. The Hall–Kier alpha value is -2.84. The Kier molecular flexibility index (Phi) is 6.71. The number of carbonyl (C=O) groups excluding carboxylic acids is 4. The maximum Gasteiger partial charge on any atom is 0.344 e. The van der Waals surface area contributed by atoms with Gasteiger partial charge in [-0.05, 0) is 41.5 Å². The Balaban J connectivity index is 2.31. The fourth-order valence-electron chi connectivity index (χ4n) is 3.23. The van der Waals surface area contributed by atoms with Gasteiger partial charge < -0.3 is 18.8 Å². The second kappa shape index (κ2) is 8.67. The number of hydrogen-bond acceptors (Lipinski definition) is 7. The summed E-state index contributed by atoms with van der Waals surface area (Å²) in [6, 6.07) is 0. The molecule has 1 N–H and O–H groups in total. The van der Waals surface area contributed by atoms with Crippen molar-refractivity contribution < 1.29 is 33.1 Å². The van der Waals surface area contributed by atoms with Gasteiger partial charge >= 0.3 is 11.9 Å². The van der Waals surface area contributed by atoms with Crippen LogP contribution in [-0.4, -0.2) is 54.0 Å². The summed E-state index contributed by atoms with van der Waals surface area (Å²) in [6.45, 7) is 10.9. The molecule has 2 rings (SSSR count). The average molecular weight is 408 g/mol. The van der Waals surface area contributed by atoms with Crippen LogP contribution in [0.15, 0.2) is 4.42 Å². The largest absolute Gasteiger partial charge is 0.462 e. The number of rotatable bonds is 6. The molecule has 160 valence electrons. The molecule has 0 aliphatic carbocycles. The number of aryl methyl sites for hydroxylation is 1. The van der Waals surface area contributed by atoms with Crippen LogP contribution in [0.3, 0.4) is 0 Å². The third-order valence-electron chi connectivity index (χ3n) is 4.59. The first-order chi connectivity index (χ1) is 13.5. The first-order valence-corrected chi connectivity index (χ1v) is 9.60. The zero-order chi connectivity index (χ0) is 21.9. The van der Waals surface area contributed by atoms with Gasteiger partial charge in [0.2, 0.25) is 17.7 Å². The summed E-state index contributed by atoms with van der Waals surface area (Å²) in [6.07, 6.45) is 0.0578. The van der Waals surface area contributed by atoms with Crippen molar-refractivity contribution in [2.75, 3.05) is 25.1 Å². The number of nitrogens with one attached hydrogen (secondary N) is 1. The fraction of sp³-hybridized carbons (Fsp3) is 0.600. The molecule has 9 nitrogen and oxygen atoms in total. The van der Waals surface area contributed by atoms with E-state index in [0.29, 0.717) is 0 Å². The molecule has 0 bridgehead atoms. The maximum atomic E-state index is 12.8. The maximum absolute atomic E-state index is 12.8. The summed E-state index contributed by atoms with van der Waals surface area (Å²) in [5.74, 6) is -2.80. The molecule has 1 unspecified atom stereocenters. The number of nitrogens with zero attached hydrogens (tertiary/aromatic N) is 1. The fourth-order valence-corrected chi connectivity index (χ4v) is 3.23. The lowest BCUT2D eigenvalue weighted by Gasteiger charge is -2.31. The third-order valence-corrected chi connectivity index (χ3v) is 4.59. The summed E-state index contributed by atoms with van der Waals surface area (Å²) >= 11 is 0. The van der Waals surface area contributed by atoms with Crippen LogP contribution < -0.4 is 5.32 Å². The molecule has 9 heteroatoms. The van der Waals surface area contributed by atoms with Gasteiger partial charge in [0.05, 0.1) is 19.1 Å². The Labute approximate surface area is 169 Å². The molecule has 1 aliphatic heterocycles. The van der Waals surface area contributed by atoms with E-state index in [2.05, 4.69) is 5.32 Å². The van der Waals surface area contributed by atoms with Gasteiger partial charge in [-0.15, -0.1) is 0 Å². The van der Waals surface area contributed by atoms with E-state index in [1.165, 1.54) is 6.92 Å². The van der Waals surface area contributed by atoms with Crippen LogP contribution in [0.2, 0.25) is 0 Å². The van der Waals surface area contributed by atoms with Crippen molar-refractivity contribution in [2.45, 2.75) is 53.5 Å². The van der Waals surface area contributed by atoms with Crippen molar-refractivity contribution in [1.82, 2.24) is 4.90 Å². The Morgan fingerprint density at radius 2 is 1.66 bits per heavy atom. The minimum Gasteiger partial charge on any atom is -0.462 e. The van der Waals surface area contributed by atoms with Crippen LogP contribution in [0.25, 0.3) is 0 Å². The quantitative estimate of drug-likeness (QED) is 0.719. The number of esters is 2. The van der Waals surface area contributed by atoms with Crippen LogP contribution in [0.4, 0.5) is 5.88 Å². The average Bonchev–Trinajstić information content (AvgIpc) is 3.15. The number of carbonyl (C=O) groups is 4. The van der Waals surface area contributed by atoms with Crippen molar-refractivity contribution in [3.8, 4) is 0 Å². The number of anilines is 1. The van der Waals surface area contributed by atoms with Gasteiger partial charge in [0.25, 0.3) is 0 Å². The summed E-state index contributed by atoms with van der Waals surface area (Å²) in [5.41, 5.74) is -0.673. The van der Waals surface area contributed by atoms with Gasteiger partial charge in [0, 0.05) is 18.5 Å². The van der Waals surface area contributed by atoms with E-state index < -0.39 is 29.3 Å². The summed E-state index contributed by atoms with van der Waals surface area (Å²) < 4.78 is 15.5. The second-order valence-corrected chi connectivity index (χ2v) is 7.74. The molecular weight excluding hydrogens is 380 g/mol. The molecule has 0 spiro atoms. The van der Waals surface area contributed by atoms with E-state index in [1.807, 2.05) is 20.8 Å². The first-order valence-electron chi connectivity index (χ1n) is 9.60. The van der Waals surface area contributed by atoms with Crippen LogP contribution in [0.5, 0.6) is 0 Å². The molecule has 0 aromatic carbocycles. The molecule has 1 aromatic rings. The van der Waals surface area contributed by atoms with Crippen molar-refractivity contribution >= 4 is 29.6 Å². The predicted molar refractivity (Wildman–Crippen MR) is 104 cm³/mol. The van der Waals surface area contributed by atoms with Crippen LogP contribution in [-0.2, 0) is 19.1 Å². The monoisotopic (exact) mass is 408 g/mol. The van der Waals surface area contributed by atoms with Crippen molar-refractivity contribution in [2.24, 2.45) is 5.92 Å². The molecule has 1 fully saturated rings. The molecule has 1 aliphatic rings. The smallest absolute Gasteiger partial charge is 0.344 e. The second-order valence-electron chi connectivity index (χ2n) is 7.74. The molecule has 2 amide bonds. The van der Waals surface area contributed by atoms with Crippen molar-refractivity contribution in [1.29, 1.82) is 0 Å². The zero-order valence-corrected chi connectivity index (χ0v) is 17.7. The van der Waals surface area contributed by atoms with Gasteiger partial charge in [0.1, 0.15) is 16.9 Å². The van der Waals surface area contributed by atoms with Gasteiger partial charge in [-0.25, -0.2) is 9.59 Å². The highest BCUT2D eigenvalue weighted by Gasteiger charge is 2.40. The summed E-state index contributed by atoms with van der Waals surface area (Å²) in [4.78, 5) is 51.4.